The van der Waals surface area contributed by atoms with E-state index >= 15 is 0 Å². The fraction of sp³-hybridized carbons (Fsp3) is 0.368. The molecule has 1 unspecified atom stereocenters. The summed E-state index contributed by atoms with van der Waals surface area (Å²) in [5.74, 6) is -0.188. The van der Waals surface area contributed by atoms with Gasteiger partial charge in [0.25, 0.3) is 11.8 Å². The third-order valence-electron chi connectivity index (χ3n) is 4.56. The van der Waals surface area contributed by atoms with Gasteiger partial charge in [-0.25, -0.2) is 0 Å². The fourth-order valence-electron chi connectivity index (χ4n) is 3.05. The monoisotopic (exact) mass is 342 g/mol. The molecule has 2 N–H and O–H groups in total. The molecule has 1 fully saturated rings. The minimum Gasteiger partial charge on any atom is -0.459 e. The molecule has 1 aromatic heterocycles. The lowest BCUT2D eigenvalue weighted by Crippen LogP contribution is -2.47. The lowest BCUT2D eigenvalue weighted by Gasteiger charge is -2.33. The minimum absolute atomic E-state index is 0.00471. The van der Waals surface area contributed by atoms with E-state index in [1.807, 2.05) is 13.0 Å². The van der Waals surface area contributed by atoms with E-state index in [4.69, 9.17) is 4.42 Å². The molecule has 1 aliphatic rings. The Balaban J connectivity index is 1.52. The first-order valence-electron chi connectivity index (χ1n) is 8.43. The molecule has 0 bridgehead atoms. The highest BCUT2D eigenvalue weighted by atomic mass is 16.3. The van der Waals surface area contributed by atoms with Gasteiger partial charge in [-0.3, -0.25) is 9.59 Å². The normalized spacial score (nSPS) is 16.5. The molecular formula is C19H22N2O4. The van der Waals surface area contributed by atoms with E-state index in [0.717, 1.165) is 5.56 Å². The summed E-state index contributed by atoms with van der Waals surface area (Å²) in [7, 11) is 0. The molecule has 0 aliphatic carbocycles. The Morgan fingerprint density at radius 1 is 1.20 bits per heavy atom. The van der Waals surface area contributed by atoms with Crippen molar-refractivity contribution in [2.75, 3.05) is 13.1 Å². The predicted octanol–water partition coefficient (Wildman–Crippen LogP) is 2.04. The maximum atomic E-state index is 12.4. The number of aliphatic hydroxyl groups is 1. The largest absolute Gasteiger partial charge is 0.459 e. The molecule has 1 aromatic carbocycles. The lowest BCUT2D eigenvalue weighted by molar-refractivity contribution is -0.141. The van der Waals surface area contributed by atoms with Crippen molar-refractivity contribution in [3.05, 3.63) is 59.5 Å². The molecule has 6 heteroatoms. The zero-order chi connectivity index (χ0) is 17.8. The number of rotatable bonds is 4. The number of nitrogens with zero attached hydrogens (tertiary/aromatic N) is 1. The molecule has 2 aromatic rings. The number of hydrogen-bond acceptors (Lipinski definition) is 4. The summed E-state index contributed by atoms with van der Waals surface area (Å²) in [5, 5.41) is 13.2. The fourth-order valence-corrected chi connectivity index (χ4v) is 3.05. The van der Waals surface area contributed by atoms with Crippen LogP contribution in [0.15, 0.2) is 47.1 Å². The van der Waals surface area contributed by atoms with E-state index in [2.05, 4.69) is 5.32 Å². The van der Waals surface area contributed by atoms with Gasteiger partial charge in [0.15, 0.2) is 11.9 Å². The Bertz CT molecular complexity index is 733. The molecule has 0 saturated carbocycles. The Labute approximate surface area is 146 Å². The summed E-state index contributed by atoms with van der Waals surface area (Å²) in [6.45, 7) is 2.83. The average molecular weight is 342 g/mol. The van der Waals surface area contributed by atoms with E-state index in [9.17, 15) is 14.7 Å². The summed E-state index contributed by atoms with van der Waals surface area (Å²) in [6.07, 6.45) is 1.66. The zero-order valence-electron chi connectivity index (χ0n) is 14.1. The van der Waals surface area contributed by atoms with Crippen molar-refractivity contribution in [2.24, 2.45) is 0 Å². The summed E-state index contributed by atoms with van der Waals surface area (Å²) < 4.78 is 5.20. The van der Waals surface area contributed by atoms with Crippen LogP contribution in [0.3, 0.4) is 0 Å². The average Bonchev–Trinajstić information content (AvgIpc) is 3.08. The van der Waals surface area contributed by atoms with Crippen LogP contribution in [0, 0.1) is 6.92 Å². The van der Waals surface area contributed by atoms with Gasteiger partial charge in [-0.05, 0) is 31.4 Å². The number of carbonyl (C=O) groups is 2. The van der Waals surface area contributed by atoms with E-state index in [-0.39, 0.29) is 17.9 Å². The van der Waals surface area contributed by atoms with E-state index in [1.165, 1.54) is 6.26 Å². The first-order chi connectivity index (χ1) is 12.1. The second-order valence-electron chi connectivity index (χ2n) is 6.32. The van der Waals surface area contributed by atoms with Gasteiger partial charge in [0, 0.05) is 24.7 Å². The Kier molecular flexibility index (Phi) is 5.19. The van der Waals surface area contributed by atoms with Crippen molar-refractivity contribution >= 4 is 11.8 Å². The molecule has 6 nitrogen and oxygen atoms in total. The topological polar surface area (TPSA) is 82.8 Å². The maximum Gasteiger partial charge on any atom is 0.287 e. The van der Waals surface area contributed by atoms with Gasteiger partial charge in [-0.1, -0.05) is 30.3 Å². The molecule has 1 aliphatic heterocycles. The molecule has 25 heavy (non-hydrogen) atoms. The Hall–Kier alpha value is -2.60. The molecule has 1 saturated heterocycles. The number of aryl methyl sites for hydroxylation is 1. The number of carbonyl (C=O) groups excluding carboxylic acids is 2. The Morgan fingerprint density at radius 3 is 2.48 bits per heavy atom. The third kappa shape index (κ3) is 3.91. The van der Waals surface area contributed by atoms with Crippen LogP contribution in [-0.4, -0.2) is 41.0 Å². The smallest absolute Gasteiger partial charge is 0.287 e. The highest BCUT2D eigenvalue weighted by Crippen LogP contribution is 2.19. The molecular weight excluding hydrogens is 320 g/mol. The first-order valence-corrected chi connectivity index (χ1v) is 8.43. The second-order valence-corrected chi connectivity index (χ2v) is 6.32. The van der Waals surface area contributed by atoms with Gasteiger partial charge >= 0.3 is 0 Å². The van der Waals surface area contributed by atoms with Crippen LogP contribution in [0.25, 0.3) is 0 Å². The number of benzene rings is 1. The number of aliphatic hydroxyl groups excluding tert-OH is 1. The van der Waals surface area contributed by atoms with Crippen LogP contribution in [0.1, 0.15) is 40.6 Å². The van der Waals surface area contributed by atoms with E-state index in [0.29, 0.717) is 37.3 Å². The zero-order valence-corrected chi connectivity index (χ0v) is 14.1. The maximum absolute atomic E-state index is 12.4. The minimum atomic E-state index is -1.14. The highest BCUT2D eigenvalue weighted by Gasteiger charge is 2.29. The van der Waals surface area contributed by atoms with Crippen LogP contribution < -0.4 is 5.32 Å². The standard InChI is InChI=1S/C19H22N2O4/c1-13-9-12-25-17(13)18(23)20-15-7-10-21(11-8-15)19(24)16(22)14-5-3-2-4-6-14/h2-6,9,12,15-16,22H,7-8,10-11H2,1H3,(H,20,23). The van der Waals surface area contributed by atoms with E-state index in [1.54, 1.807) is 35.2 Å². The Morgan fingerprint density at radius 2 is 1.88 bits per heavy atom. The predicted molar refractivity (Wildman–Crippen MR) is 91.9 cm³/mol. The molecule has 132 valence electrons. The van der Waals surface area contributed by atoms with Gasteiger partial charge in [-0.2, -0.15) is 0 Å². The van der Waals surface area contributed by atoms with Crippen LogP contribution in [-0.2, 0) is 4.79 Å². The van der Waals surface area contributed by atoms with Crippen molar-refractivity contribution < 1.29 is 19.1 Å². The van der Waals surface area contributed by atoms with Crippen molar-refractivity contribution in [1.82, 2.24) is 10.2 Å². The van der Waals surface area contributed by atoms with Gasteiger partial charge in [0.05, 0.1) is 6.26 Å². The SMILES string of the molecule is Cc1ccoc1C(=O)NC1CCN(C(=O)C(O)c2ccccc2)CC1. The summed E-state index contributed by atoms with van der Waals surface area (Å²) in [6, 6.07) is 10.7. The van der Waals surface area contributed by atoms with Crippen molar-refractivity contribution in [3.8, 4) is 0 Å². The number of hydrogen-bond donors (Lipinski definition) is 2. The van der Waals surface area contributed by atoms with Crippen molar-refractivity contribution in [2.45, 2.75) is 31.9 Å². The summed E-state index contributed by atoms with van der Waals surface area (Å²) in [5.41, 5.74) is 1.40. The van der Waals surface area contributed by atoms with Gasteiger partial charge in [0.2, 0.25) is 0 Å². The van der Waals surface area contributed by atoms with Gasteiger partial charge in [0.1, 0.15) is 0 Å². The third-order valence-corrected chi connectivity index (χ3v) is 4.56. The number of nitrogens with one attached hydrogen (secondary N) is 1. The second kappa shape index (κ2) is 7.53. The molecule has 3 rings (SSSR count). The van der Waals surface area contributed by atoms with Crippen LogP contribution in [0.5, 0.6) is 0 Å². The highest BCUT2D eigenvalue weighted by molar-refractivity contribution is 5.93. The van der Waals surface area contributed by atoms with Crippen molar-refractivity contribution in [3.63, 3.8) is 0 Å². The molecule has 2 amide bonds. The van der Waals surface area contributed by atoms with Crippen molar-refractivity contribution in [1.29, 1.82) is 0 Å². The molecule has 0 radical (unpaired) electrons. The first kappa shape index (κ1) is 17.2. The van der Waals surface area contributed by atoms with E-state index < -0.39 is 6.10 Å². The number of amides is 2. The number of piperidine rings is 1. The lowest BCUT2D eigenvalue weighted by atomic mass is 10.0. The number of furan rings is 1. The molecule has 1 atom stereocenters. The summed E-state index contributed by atoms with van der Waals surface area (Å²) >= 11 is 0. The van der Waals surface area contributed by atoms with Crippen LogP contribution >= 0.6 is 0 Å². The van der Waals surface area contributed by atoms with Gasteiger partial charge < -0.3 is 19.7 Å². The number of likely N-dealkylation sites (tertiary alicyclic amines) is 1. The molecule has 0 spiro atoms. The van der Waals surface area contributed by atoms with Crippen LogP contribution in [0.2, 0.25) is 0 Å². The van der Waals surface area contributed by atoms with Gasteiger partial charge in [-0.15, -0.1) is 0 Å². The summed E-state index contributed by atoms with van der Waals surface area (Å²) in [4.78, 5) is 26.3. The van der Waals surface area contributed by atoms with Crippen LogP contribution in [0.4, 0.5) is 0 Å². The molecule has 2 heterocycles. The quantitative estimate of drug-likeness (QED) is 0.891.